The van der Waals surface area contributed by atoms with E-state index >= 15 is 0 Å². The van der Waals surface area contributed by atoms with Crippen LogP contribution in [0.3, 0.4) is 0 Å². The van der Waals surface area contributed by atoms with Crippen LogP contribution in [0.1, 0.15) is 0 Å². The molecule has 0 spiro atoms. The van der Waals surface area contributed by atoms with Gasteiger partial charge >= 0.3 is 0 Å². The molecule has 0 fully saturated rings. The van der Waals surface area contributed by atoms with Crippen LogP contribution in [-0.4, -0.2) is 0 Å². The molecule has 0 saturated carbocycles. The minimum absolute atomic E-state index is 0.892. The second-order valence-corrected chi connectivity index (χ2v) is 15.2. The molecular formula is C58H39NO. The summed E-state index contributed by atoms with van der Waals surface area (Å²) in [7, 11) is 0. The highest BCUT2D eigenvalue weighted by atomic mass is 16.3. The average molecular weight is 766 g/mol. The van der Waals surface area contributed by atoms with Gasteiger partial charge in [-0.3, -0.25) is 0 Å². The zero-order chi connectivity index (χ0) is 39.8. The van der Waals surface area contributed by atoms with E-state index in [1.165, 1.54) is 38.6 Å². The lowest BCUT2D eigenvalue weighted by Crippen LogP contribution is -2.12. The molecule has 0 atom stereocenters. The highest BCUT2D eigenvalue weighted by molar-refractivity contribution is 6.10. The largest absolute Gasteiger partial charge is 0.455 e. The molecule has 60 heavy (non-hydrogen) atoms. The molecule has 0 aliphatic heterocycles. The van der Waals surface area contributed by atoms with Crippen molar-refractivity contribution in [2.75, 3.05) is 4.90 Å². The Labute approximate surface area is 349 Å². The van der Waals surface area contributed by atoms with E-state index in [0.29, 0.717) is 0 Å². The smallest absolute Gasteiger partial charge is 0.143 e. The van der Waals surface area contributed by atoms with Gasteiger partial charge in [0.25, 0.3) is 0 Å². The lowest BCUT2D eigenvalue weighted by atomic mass is 9.87. The van der Waals surface area contributed by atoms with Gasteiger partial charge in [0.15, 0.2) is 0 Å². The van der Waals surface area contributed by atoms with Crippen LogP contribution in [-0.2, 0) is 0 Å². The zero-order valence-electron chi connectivity index (χ0n) is 32.9. The van der Waals surface area contributed by atoms with Gasteiger partial charge in [0, 0.05) is 33.3 Å². The Morgan fingerprint density at radius 3 is 1.65 bits per heavy atom. The predicted molar refractivity (Wildman–Crippen MR) is 253 cm³/mol. The van der Waals surface area contributed by atoms with Crippen molar-refractivity contribution in [1.29, 1.82) is 0 Å². The van der Waals surface area contributed by atoms with Crippen LogP contribution >= 0.6 is 0 Å². The van der Waals surface area contributed by atoms with Crippen molar-refractivity contribution in [3.05, 3.63) is 237 Å². The molecule has 0 aliphatic carbocycles. The quantitative estimate of drug-likeness (QED) is 0.153. The SMILES string of the molecule is c1ccc(-c2ccccc2-c2c(-c3ccccc3)cccc2N(c2ccc(-c3cccc4ccccc34)cc2)c2cccc(-c3cccc4c3oc3ccccc34)c2)cc1. The fourth-order valence-corrected chi connectivity index (χ4v) is 8.92. The second kappa shape index (κ2) is 15.1. The Morgan fingerprint density at radius 1 is 0.300 bits per heavy atom. The number of para-hydroxylation sites is 2. The van der Waals surface area contributed by atoms with Crippen molar-refractivity contribution >= 4 is 49.8 Å². The fraction of sp³-hybridized carbons (Fsp3) is 0. The first kappa shape index (κ1) is 35.2. The maximum Gasteiger partial charge on any atom is 0.143 e. The molecule has 1 heterocycles. The molecule has 0 N–H and O–H groups in total. The van der Waals surface area contributed by atoms with Crippen molar-refractivity contribution in [2.45, 2.75) is 0 Å². The summed E-state index contributed by atoms with van der Waals surface area (Å²) in [6, 6.07) is 84.9. The summed E-state index contributed by atoms with van der Waals surface area (Å²) in [5.41, 5.74) is 16.5. The number of furan rings is 1. The summed E-state index contributed by atoms with van der Waals surface area (Å²) in [6.07, 6.45) is 0. The minimum Gasteiger partial charge on any atom is -0.455 e. The molecule has 11 aromatic rings. The lowest BCUT2D eigenvalue weighted by Gasteiger charge is -2.30. The highest BCUT2D eigenvalue weighted by Crippen LogP contribution is 2.49. The first-order chi connectivity index (χ1) is 29.8. The Hall–Kier alpha value is -7.94. The van der Waals surface area contributed by atoms with Crippen LogP contribution in [0, 0.1) is 0 Å². The monoisotopic (exact) mass is 765 g/mol. The molecule has 0 amide bonds. The number of benzene rings is 10. The van der Waals surface area contributed by atoms with Crippen LogP contribution in [0.2, 0.25) is 0 Å². The van der Waals surface area contributed by atoms with E-state index in [-0.39, 0.29) is 0 Å². The maximum absolute atomic E-state index is 6.58. The van der Waals surface area contributed by atoms with Crippen LogP contribution < -0.4 is 4.90 Å². The number of hydrogen-bond donors (Lipinski definition) is 0. The molecule has 2 heteroatoms. The molecule has 11 rings (SSSR count). The Balaban J connectivity index is 1.16. The van der Waals surface area contributed by atoms with Gasteiger partial charge in [-0.1, -0.05) is 200 Å². The predicted octanol–water partition coefficient (Wildman–Crippen LogP) is 16.5. The van der Waals surface area contributed by atoms with Crippen LogP contribution in [0.4, 0.5) is 17.1 Å². The van der Waals surface area contributed by atoms with Gasteiger partial charge < -0.3 is 9.32 Å². The zero-order valence-corrected chi connectivity index (χ0v) is 32.9. The lowest BCUT2D eigenvalue weighted by molar-refractivity contribution is 0.670. The molecule has 0 bridgehead atoms. The van der Waals surface area contributed by atoms with Gasteiger partial charge in [-0.25, -0.2) is 0 Å². The van der Waals surface area contributed by atoms with E-state index in [2.05, 4.69) is 229 Å². The highest BCUT2D eigenvalue weighted by Gasteiger charge is 2.23. The van der Waals surface area contributed by atoms with E-state index < -0.39 is 0 Å². The van der Waals surface area contributed by atoms with Crippen molar-refractivity contribution in [3.8, 4) is 55.6 Å². The first-order valence-corrected chi connectivity index (χ1v) is 20.5. The van der Waals surface area contributed by atoms with Gasteiger partial charge in [-0.2, -0.15) is 0 Å². The number of rotatable bonds is 8. The van der Waals surface area contributed by atoms with Crippen molar-refractivity contribution < 1.29 is 4.42 Å². The van der Waals surface area contributed by atoms with Gasteiger partial charge in [-0.05, 0) is 91.7 Å². The van der Waals surface area contributed by atoms with Gasteiger partial charge in [-0.15, -0.1) is 0 Å². The Bertz CT molecular complexity index is 3300. The van der Waals surface area contributed by atoms with Crippen molar-refractivity contribution in [2.24, 2.45) is 0 Å². The number of fused-ring (bicyclic) bond motifs is 4. The van der Waals surface area contributed by atoms with E-state index in [9.17, 15) is 0 Å². The molecule has 2 nitrogen and oxygen atoms in total. The molecule has 0 saturated heterocycles. The summed E-state index contributed by atoms with van der Waals surface area (Å²) in [5.74, 6) is 0. The molecule has 10 aromatic carbocycles. The van der Waals surface area contributed by atoms with Gasteiger partial charge in [0.1, 0.15) is 11.2 Å². The third kappa shape index (κ3) is 6.23. The summed E-state index contributed by atoms with van der Waals surface area (Å²) in [5, 5.41) is 4.71. The van der Waals surface area contributed by atoms with Crippen LogP contribution in [0.15, 0.2) is 241 Å². The van der Waals surface area contributed by atoms with E-state index in [0.717, 1.165) is 66.8 Å². The molecular weight excluding hydrogens is 727 g/mol. The van der Waals surface area contributed by atoms with Gasteiger partial charge in [0.2, 0.25) is 0 Å². The van der Waals surface area contributed by atoms with Crippen LogP contribution in [0.25, 0.3) is 88.3 Å². The Kier molecular flexibility index (Phi) is 8.87. The molecule has 282 valence electrons. The molecule has 0 aliphatic rings. The maximum atomic E-state index is 6.58. The third-order valence-electron chi connectivity index (χ3n) is 11.7. The normalized spacial score (nSPS) is 11.3. The van der Waals surface area contributed by atoms with Crippen molar-refractivity contribution in [3.63, 3.8) is 0 Å². The van der Waals surface area contributed by atoms with Crippen LogP contribution in [0.5, 0.6) is 0 Å². The fourth-order valence-electron chi connectivity index (χ4n) is 8.92. The number of anilines is 3. The summed E-state index contributed by atoms with van der Waals surface area (Å²) in [4.78, 5) is 2.43. The number of hydrogen-bond acceptors (Lipinski definition) is 2. The summed E-state index contributed by atoms with van der Waals surface area (Å²) < 4.78 is 6.58. The van der Waals surface area contributed by atoms with E-state index in [4.69, 9.17) is 4.42 Å². The number of nitrogens with zero attached hydrogens (tertiary/aromatic N) is 1. The first-order valence-electron chi connectivity index (χ1n) is 20.5. The minimum atomic E-state index is 0.892. The summed E-state index contributed by atoms with van der Waals surface area (Å²) >= 11 is 0. The van der Waals surface area contributed by atoms with E-state index in [1.807, 2.05) is 12.1 Å². The second-order valence-electron chi connectivity index (χ2n) is 15.2. The Morgan fingerprint density at radius 2 is 0.833 bits per heavy atom. The summed E-state index contributed by atoms with van der Waals surface area (Å²) in [6.45, 7) is 0. The topological polar surface area (TPSA) is 16.4 Å². The van der Waals surface area contributed by atoms with Crippen molar-refractivity contribution in [1.82, 2.24) is 0 Å². The molecule has 0 unspecified atom stereocenters. The standard InChI is InChI=1S/C58H39NO/c1-3-17-40(18-4-1)49-26-9-10-28-53(49)57-50(42-19-5-2-6-20-42)30-16-33-55(57)59(45-37-35-43(36-38-45)48-29-14-22-41-21-7-8-25-47(41)48)46-24-13-23-44(39-46)51-31-15-32-54-52-27-11-12-34-56(52)60-58(51)54/h1-39H. The van der Waals surface area contributed by atoms with Gasteiger partial charge in [0.05, 0.1) is 5.69 Å². The molecule has 1 aromatic heterocycles. The van der Waals surface area contributed by atoms with E-state index in [1.54, 1.807) is 0 Å². The molecule has 0 radical (unpaired) electrons. The average Bonchev–Trinajstić information content (AvgIpc) is 3.71. The third-order valence-corrected chi connectivity index (χ3v) is 11.7.